The maximum atomic E-state index is 11.3. The normalized spacial score (nSPS) is 32.1. The van der Waals surface area contributed by atoms with Gasteiger partial charge in [-0.3, -0.25) is 4.55 Å². The maximum Gasteiger partial charge on any atom is 1.00 e. The molecule has 5 nitrogen and oxygen atoms in total. The number of hydrogen-bond donors (Lipinski definition) is 2. The molecule has 0 bridgehead atoms. The van der Waals surface area contributed by atoms with Crippen LogP contribution in [0.3, 0.4) is 0 Å². The van der Waals surface area contributed by atoms with Crippen molar-refractivity contribution in [2.45, 2.75) is 44.8 Å². The molecule has 0 saturated heterocycles. The minimum Gasteiger partial charge on any atom is -0.411 e. The Morgan fingerprint density at radius 2 is 1.75 bits per heavy atom. The van der Waals surface area contributed by atoms with E-state index in [4.69, 9.17) is 5.21 Å². The summed E-state index contributed by atoms with van der Waals surface area (Å²) in [6.07, 6.45) is 0.998. The van der Waals surface area contributed by atoms with Crippen LogP contribution >= 0.6 is 0 Å². The van der Waals surface area contributed by atoms with Crippen LogP contribution in [-0.2, 0) is 10.1 Å². The monoisotopic (exact) mass is 258 g/mol. The molecule has 7 heteroatoms. The maximum absolute atomic E-state index is 11.3. The van der Waals surface area contributed by atoms with E-state index in [2.05, 4.69) is 5.16 Å². The molecule has 1 unspecified atom stereocenters. The van der Waals surface area contributed by atoms with Crippen molar-refractivity contribution < 1.29 is 47.7 Å². The Bertz CT molecular complexity index is 390. The second kappa shape index (κ2) is 4.94. The van der Waals surface area contributed by atoms with E-state index in [1.165, 1.54) is 6.92 Å². The average Bonchev–Trinajstić information content (AvgIpc) is 1.98. The van der Waals surface area contributed by atoms with Crippen LogP contribution in [0, 0.1) is 5.41 Å². The molecule has 2 N–H and O–H groups in total. The first-order valence-electron chi connectivity index (χ1n) is 4.76. The van der Waals surface area contributed by atoms with Crippen LogP contribution in [0.15, 0.2) is 5.16 Å². The van der Waals surface area contributed by atoms with E-state index in [-0.39, 0.29) is 41.4 Å². The van der Waals surface area contributed by atoms with Crippen LogP contribution in [-0.4, -0.2) is 28.6 Å². The Labute approximate surface area is 118 Å². The summed E-state index contributed by atoms with van der Waals surface area (Å²) in [6, 6.07) is 0. The molecular weight excluding hydrogens is 241 g/mol. The Morgan fingerprint density at radius 1 is 1.25 bits per heavy atom. The van der Waals surface area contributed by atoms with Gasteiger partial charge in [-0.1, -0.05) is 19.0 Å². The topological polar surface area (TPSA) is 87.0 Å². The third-order valence-corrected chi connectivity index (χ3v) is 4.41. The van der Waals surface area contributed by atoms with Crippen molar-refractivity contribution in [1.82, 2.24) is 0 Å². The quantitative estimate of drug-likeness (QED) is 0.264. The molecule has 0 heterocycles. The van der Waals surface area contributed by atoms with Crippen molar-refractivity contribution in [3.05, 3.63) is 0 Å². The second-order valence-corrected chi connectivity index (χ2v) is 7.22. The fourth-order valence-electron chi connectivity index (χ4n) is 2.44. The molecule has 1 aliphatic rings. The summed E-state index contributed by atoms with van der Waals surface area (Å²) >= 11 is 0. The van der Waals surface area contributed by atoms with Crippen LogP contribution in [0.25, 0.3) is 0 Å². The van der Waals surface area contributed by atoms with E-state index in [1.54, 1.807) is 0 Å². The Balaban J connectivity index is 0.00000225. The molecule has 1 aliphatic carbocycles. The molecule has 0 aliphatic heterocycles. The van der Waals surface area contributed by atoms with Crippen molar-refractivity contribution >= 4 is 15.8 Å². The Hall–Kier alpha value is 0.380. The van der Waals surface area contributed by atoms with Crippen LogP contribution in [0.1, 0.15) is 40.0 Å². The van der Waals surface area contributed by atoms with Gasteiger partial charge in [0.15, 0.2) is 0 Å². The summed E-state index contributed by atoms with van der Waals surface area (Å²) in [7, 11) is -4.13. The van der Waals surface area contributed by atoms with Gasteiger partial charge >= 0.3 is 29.6 Å². The first kappa shape index (κ1) is 16.4. The molecule has 88 valence electrons. The van der Waals surface area contributed by atoms with Gasteiger partial charge < -0.3 is 5.21 Å². The van der Waals surface area contributed by atoms with Gasteiger partial charge in [-0.05, 0) is 25.2 Å². The van der Waals surface area contributed by atoms with Crippen LogP contribution in [0.5, 0.6) is 0 Å². The third-order valence-electron chi connectivity index (χ3n) is 2.88. The Morgan fingerprint density at radius 3 is 2.12 bits per heavy atom. The van der Waals surface area contributed by atoms with Gasteiger partial charge in [0.05, 0.1) is 5.71 Å². The predicted octanol–water partition coefficient (Wildman–Crippen LogP) is -1.32. The van der Waals surface area contributed by atoms with E-state index < -0.39 is 14.9 Å². The number of rotatable bonds is 1. The van der Waals surface area contributed by atoms with Gasteiger partial charge in [0.1, 0.15) is 4.75 Å². The minimum absolute atomic E-state index is 0. The number of nitrogens with zero attached hydrogens (tertiary/aromatic N) is 1. The average molecular weight is 258 g/mol. The fourth-order valence-corrected chi connectivity index (χ4v) is 3.36. The number of oxime groups is 1. The minimum atomic E-state index is -4.13. The van der Waals surface area contributed by atoms with Gasteiger partial charge in [0.25, 0.3) is 10.1 Å². The predicted molar refractivity (Wildman–Crippen MR) is 56.8 cm³/mol. The third kappa shape index (κ3) is 3.43. The zero-order valence-electron chi connectivity index (χ0n) is 10.2. The van der Waals surface area contributed by atoms with E-state index in [0.29, 0.717) is 18.6 Å². The standard InChI is InChI=1S/C9H17NO4S.Na/c1-8(2)4-7(10-11)5-9(3,6-8)15(12,13)14;/h11H,4-6H2,1-3H3,(H,12,13,14);/q;+1/b10-7-;. The zero-order chi connectivity index (χ0) is 11.9. The van der Waals surface area contributed by atoms with Crippen molar-refractivity contribution in [2.24, 2.45) is 10.6 Å². The van der Waals surface area contributed by atoms with Crippen molar-refractivity contribution in [1.29, 1.82) is 0 Å². The van der Waals surface area contributed by atoms with E-state index in [1.807, 2.05) is 13.8 Å². The molecule has 0 spiro atoms. The van der Waals surface area contributed by atoms with Gasteiger partial charge in [-0.2, -0.15) is 8.42 Å². The summed E-state index contributed by atoms with van der Waals surface area (Å²) in [5.74, 6) is 0. The molecule has 0 radical (unpaired) electrons. The molecule has 0 amide bonds. The van der Waals surface area contributed by atoms with Gasteiger partial charge in [-0.15, -0.1) is 0 Å². The van der Waals surface area contributed by atoms with Crippen LogP contribution in [0.2, 0.25) is 0 Å². The summed E-state index contributed by atoms with van der Waals surface area (Å²) < 4.78 is 30.5. The van der Waals surface area contributed by atoms with E-state index in [0.717, 1.165) is 0 Å². The van der Waals surface area contributed by atoms with Gasteiger partial charge in [0.2, 0.25) is 0 Å². The first-order valence-corrected chi connectivity index (χ1v) is 6.21. The van der Waals surface area contributed by atoms with Crippen LogP contribution in [0.4, 0.5) is 0 Å². The molecule has 0 aromatic rings. The van der Waals surface area contributed by atoms with E-state index in [9.17, 15) is 13.0 Å². The number of hydrogen-bond acceptors (Lipinski definition) is 4. The molecule has 16 heavy (non-hydrogen) atoms. The van der Waals surface area contributed by atoms with Crippen LogP contribution < -0.4 is 29.6 Å². The fraction of sp³-hybridized carbons (Fsp3) is 0.889. The first-order chi connectivity index (χ1) is 6.60. The summed E-state index contributed by atoms with van der Waals surface area (Å²) in [5.41, 5.74) is 0.135. The second-order valence-electron chi connectivity index (χ2n) is 5.29. The summed E-state index contributed by atoms with van der Waals surface area (Å²) in [4.78, 5) is 0. The Kier molecular flexibility index (Phi) is 5.05. The molecule has 1 rings (SSSR count). The smallest absolute Gasteiger partial charge is 0.411 e. The van der Waals surface area contributed by atoms with Gasteiger partial charge in [0, 0.05) is 6.42 Å². The summed E-state index contributed by atoms with van der Waals surface area (Å²) in [5, 5.41) is 11.8. The molecule has 1 saturated carbocycles. The zero-order valence-corrected chi connectivity index (χ0v) is 13.0. The van der Waals surface area contributed by atoms with Crippen molar-refractivity contribution in [3.8, 4) is 0 Å². The largest absolute Gasteiger partial charge is 1.00 e. The molecule has 0 aromatic carbocycles. The van der Waals surface area contributed by atoms with Crippen molar-refractivity contribution in [2.75, 3.05) is 0 Å². The SMILES string of the molecule is CC1(C)C/C(=N/O)CC(C)(S(=O)(=O)O)C1.[Na+]. The van der Waals surface area contributed by atoms with Crippen molar-refractivity contribution in [3.63, 3.8) is 0 Å². The molecule has 0 aromatic heterocycles. The van der Waals surface area contributed by atoms with E-state index >= 15 is 0 Å². The molecule has 1 atom stereocenters. The summed E-state index contributed by atoms with van der Waals surface area (Å²) in [6.45, 7) is 5.26. The van der Waals surface area contributed by atoms with Gasteiger partial charge in [-0.25, -0.2) is 0 Å². The molecular formula is C9H17NNaO4S+. The molecule has 1 fully saturated rings.